The summed E-state index contributed by atoms with van der Waals surface area (Å²) in [5, 5.41) is 0. The molecule has 4 nitrogen and oxygen atoms in total. The largest absolute Gasteiger partial charge is 0.468 e. The summed E-state index contributed by atoms with van der Waals surface area (Å²) < 4.78 is 10.1. The second kappa shape index (κ2) is 15.9. The third kappa shape index (κ3) is 9.35. The molecule has 0 spiro atoms. The van der Waals surface area contributed by atoms with Crippen LogP contribution in [0.15, 0.2) is 35.8 Å². The molecule has 0 amide bonds. The average Bonchev–Trinajstić information content (AvgIpc) is 2.75. The molecule has 0 atom stereocenters. The second-order valence-corrected chi connectivity index (χ2v) is 7.60. The Kier molecular flexibility index (Phi) is 14.7. The monoisotopic (exact) mass is 404 g/mol. The number of methoxy groups -OCH3 is 2. The minimum absolute atomic E-state index is 0.197. The highest BCUT2D eigenvalue weighted by Gasteiger charge is 2.49. The highest BCUT2D eigenvalue weighted by Crippen LogP contribution is 2.38. The number of esters is 2. The Balaban J connectivity index is 5.63. The van der Waals surface area contributed by atoms with Crippen LogP contribution in [0.2, 0.25) is 0 Å². The fraction of sp³-hybridized carbons (Fsp3) is 0.680. The lowest BCUT2D eigenvalue weighted by molar-refractivity contribution is -0.169. The smallest absolute Gasteiger partial charge is 0.323 e. The van der Waals surface area contributed by atoms with E-state index in [2.05, 4.69) is 38.5 Å². The molecule has 29 heavy (non-hydrogen) atoms. The third-order valence-electron chi connectivity index (χ3n) is 5.35. The van der Waals surface area contributed by atoms with Gasteiger partial charge in [-0.25, -0.2) is 0 Å². The molecule has 0 aromatic carbocycles. The van der Waals surface area contributed by atoms with Crippen molar-refractivity contribution in [2.24, 2.45) is 5.41 Å². The number of rotatable bonds is 16. The number of carbonyl (C=O) groups is 2. The van der Waals surface area contributed by atoms with E-state index in [0.717, 1.165) is 75.4 Å². The molecule has 0 aromatic rings. The van der Waals surface area contributed by atoms with E-state index in [0.29, 0.717) is 0 Å². The molecule has 4 heteroatoms. The van der Waals surface area contributed by atoms with Crippen LogP contribution in [0.1, 0.15) is 90.9 Å². The lowest BCUT2D eigenvalue weighted by Gasteiger charge is -2.29. The maximum Gasteiger partial charge on any atom is 0.323 e. The fourth-order valence-electron chi connectivity index (χ4n) is 3.56. The van der Waals surface area contributed by atoms with Gasteiger partial charge < -0.3 is 9.47 Å². The summed E-state index contributed by atoms with van der Waals surface area (Å²) in [6.45, 7) is 11.9. The summed E-state index contributed by atoms with van der Waals surface area (Å²) in [7, 11) is 2.61. The first-order valence-electron chi connectivity index (χ1n) is 10.9. The van der Waals surface area contributed by atoms with Crippen molar-refractivity contribution >= 4 is 11.9 Å². The highest BCUT2D eigenvalue weighted by atomic mass is 16.5. The van der Waals surface area contributed by atoms with Crippen molar-refractivity contribution in [2.75, 3.05) is 14.2 Å². The van der Waals surface area contributed by atoms with E-state index in [1.165, 1.54) is 14.2 Å². The average molecular weight is 405 g/mol. The van der Waals surface area contributed by atoms with Crippen molar-refractivity contribution < 1.29 is 19.1 Å². The number of unbranched alkanes of at least 4 members (excludes halogenated alkanes) is 6. The zero-order valence-corrected chi connectivity index (χ0v) is 19.0. The molecule has 0 bridgehead atoms. The maximum atomic E-state index is 12.8. The molecule has 0 fully saturated rings. The van der Waals surface area contributed by atoms with E-state index in [1.54, 1.807) is 0 Å². The summed E-state index contributed by atoms with van der Waals surface area (Å²) in [5.41, 5.74) is 6.16. The number of hydrogen-bond donors (Lipinski definition) is 0. The van der Waals surface area contributed by atoms with Crippen molar-refractivity contribution in [3.8, 4) is 0 Å². The SMILES string of the molecule is C=C=C(CCCCCC)CC(CC(=C=C)CCCCCC)(C(=O)OC)C(=O)OC. The molecule has 0 aliphatic carbocycles. The minimum atomic E-state index is -1.45. The Bertz CT molecular complexity index is 550. The van der Waals surface area contributed by atoms with E-state index in [-0.39, 0.29) is 12.8 Å². The van der Waals surface area contributed by atoms with Gasteiger partial charge in [-0.2, -0.15) is 0 Å². The molecule has 0 rings (SSSR count). The molecule has 0 aliphatic heterocycles. The van der Waals surface area contributed by atoms with Crippen LogP contribution in [-0.4, -0.2) is 26.2 Å². The molecule has 0 radical (unpaired) electrons. The Morgan fingerprint density at radius 3 is 1.38 bits per heavy atom. The van der Waals surface area contributed by atoms with Crippen LogP contribution in [0.4, 0.5) is 0 Å². The van der Waals surface area contributed by atoms with Crippen LogP contribution >= 0.6 is 0 Å². The van der Waals surface area contributed by atoms with Crippen LogP contribution in [0.3, 0.4) is 0 Å². The molecule has 0 saturated carbocycles. The van der Waals surface area contributed by atoms with Crippen LogP contribution in [0.5, 0.6) is 0 Å². The highest BCUT2D eigenvalue weighted by molar-refractivity contribution is 6.00. The Hall–Kier alpha value is -2.02. The van der Waals surface area contributed by atoms with Crippen molar-refractivity contribution in [3.63, 3.8) is 0 Å². The van der Waals surface area contributed by atoms with Gasteiger partial charge >= 0.3 is 11.9 Å². The normalized spacial score (nSPS) is 10.6. The number of hydrogen-bond acceptors (Lipinski definition) is 4. The van der Waals surface area contributed by atoms with Gasteiger partial charge in [0.1, 0.15) is 0 Å². The first kappa shape index (κ1) is 27.0. The lowest BCUT2D eigenvalue weighted by atomic mass is 9.74. The predicted molar refractivity (Wildman–Crippen MR) is 119 cm³/mol. The fourth-order valence-corrected chi connectivity index (χ4v) is 3.56. The van der Waals surface area contributed by atoms with Crippen LogP contribution < -0.4 is 0 Å². The van der Waals surface area contributed by atoms with E-state index >= 15 is 0 Å². The third-order valence-corrected chi connectivity index (χ3v) is 5.35. The van der Waals surface area contributed by atoms with Crippen molar-refractivity contribution in [1.29, 1.82) is 0 Å². The second-order valence-electron chi connectivity index (χ2n) is 7.60. The molecule has 0 saturated heterocycles. The number of carbonyl (C=O) groups excluding carboxylic acids is 2. The maximum absolute atomic E-state index is 12.8. The molecular weight excluding hydrogens is 364 g/mol. The Morgan fingerprint density at radius 2 is 1.10 bits per heavy atom. The zero-order chi connectivity index (χ0) is 22.1. The van der Waals surface area contributed by atoms with Gasteiger partial charge in [0.15, 0.2) is 5.41 Å². The van der Waals surface area contributed by atoms with Crippen molar-refractivity contribution in [1.82, 2.24) is 0 Å². The first-order valence-corrected chi connectivity index (χ1v) is 10.9. The zero-order valence-electron chi connectivity index (χ0n) is 19.0. The van der Waals surface area contributed by atoms with Crippen LogP contribution in [0.25, 0.3) is 0 Å². The van der Waals surface area contributed by atoms with Gasteiger partial charge in [0.25, 0.3) is 0 Å². The molecule has 0 N–H and O–H groups in total. The standard InChI is InChI=1S/C25H40O4/c1-7-11-13-15-17-21(9-3)19-25(23(26)28-5,24(27)29-6)20-22(10-4)18-16-14-12-8-2/h3-4,7-8,11-20H2,1-2,5-6H3. The molecule has 0 aliphatic rings. The lowest BCUT2D eigenvalue weighted by Crippen LogP contribution is -2.42. The van der Waals surface area contributed by atoms with Gasteiger partial charge in [-0.1, -0.05) is 65.5 Å². The number of allylic oxidation sites excluding steroid dienone is 2. The van der Waals surface area contributed by atoms with Gasteiger partial charge in [-0.15, -0.1) is 11.5 Å². The first-order chi connectivity index (χ1) is 13.9. The molecule has 164 valence electrons. The van der Waals surface area contributed by atoms with Crippen LogP contribution in [0, 0.1) is 5.41 Å². The van der Waals surface area contributed by atoms with Crippen molar-refractivity contribution in [2.45, 2.75) is 90.9 Å². The summed E-state index contributed by atoms with van der Waals surface area (Å²) in [4.78, 5) is 25.7. The molecule has 0 unspecified atom stereocenters. The van der Waals surface area contributed by atoms with E-state index in [4.69, 9.17) is 9.47 Å². The number of ether oxygens (including phenoxy) is 2. The van der Waals surface area contributed by atoms with Gasteiger partial charge in [0.05, 0.1) is 14.2 Å². The van der Waals surface area contributed by atoms with E-state index in [1.807, 2.05) is 0 Å². The predicted octanol–water partition coefficient (Wildman–Crippen LogP) is 6.46. The quantitative estimate of drug-likeness (QED) is 0.128. The Labute approximate surface area is 177 Å². The van der Waals surface area contributed by atoms with Gasteiger partial charge in [0.2, 0.25) is 0 Å². The molecule has 0 heterocycles. The summed E-state index contributed by atoms with van der Waals surface area (Å²) >= 11 is 0. The topological polar surface area (TPSA) is 52.6 Å². The van der Waals surface area contributed by atoms with Gasteiger partial charge in [0, 0.05) is 12.8 Å². The van der Waals surface area contributed by atoms with Crippen molar-refractivity contribution in [3.05, 3.63) is 35.8 Å². The van der Waals surface area contributed by atoms with E-state index < -0.39 is 17.4 Å². The van der Waals surface area contributed by atoms with Gasteiger partial charge in [-0.3, -0.25) is 9.59 Å². The van der Waals surface area contributed by atoms with E-state index in [9.17, 15) is 9.59 Å². The summed E-state index contributed by atoms with van der Waals surface area (Å²) in [6.07, 6.45) is 10.7. The van der Waals surface area contributed by atoms with Crippen LogP contribution in [-0.2, 0) is 19.1 Å². The Morgan fingerprint density at radius 1 is 0.724 bits per heavy atom. The molecule has 0 aromatic heterocycles. The summed E-state index contributed by atoms with van der Waals surface area (Å²) in [6, 6.07) is 0. The van der Waals surface area contributed by atoms with Gasteiger partial charge in [-0.05, 0) is 36.8 Å². The minimum Gasteiger partial charge on any atom is -0.468 e. The molecular formula is C25H40O4. The summed E-state index contributed by atoms with van der Waals surface area (Å²) in [5.74, 6) is -1.18.